The highest BCUT2D eigenvalue weighted by molar-refractivity contribution is 5.93. The fraction of sp³-hybridized carbons (Fsp3) is 0.130. The number of amides is 1. The first-order valence-corrected chi connectivity index (χ1v) is 9.66. The molecule has 1 aromatic heterocycles. The van der Waals surface area contributed by atoms with Gasteiger partial charge in [0.05, 0.1) is 24.4 Å². The van der Waals surface area contributed by atoms with E-state index in [0.29, 0.717) is 18.0 Å². The average Bonchev–Trinajstić information content (AvgIpc) is 3.31. The molecule has 150 valence electrons. The predicted molar refractivity (Wildman–Crippen MR) is 114 cm³/mol. The van der Waals surface area contributed by atoms with E-state index < -0.39 is 0 Å². The first-order valence-electron chi connectivity index (χ1n) is 9.66. The van der Waals surface area contributed by atoms with Gasteiger partial charge in [-0.3, -0.25) is 4.79 Å². The Morgan fingerprint density at radius 2 is 1.67 bits per heavy atom. The molecule has 0 unspecified atom stereocenters. The Labute approximate surface area is 174 Å². The van der Waals surface area contributed by atoms with Crippen molar-refractivity contribution in [2.75, 3.05) is 11.9 Å². The second-order valence-electron chi connectivity index (χ2n) is 6.73. The maximum Gasteiger partial charge on any atom is 0.228 e. The van der Waals surface area contributed by atoms with E-state index in [1.54, 1.807) is 4.68 Å². The zero-order valence-electron chi connectivity index (χ0n) is 16.3. The van der Waals surface area contributed by atoms with E-state index in [4.69, 9.17) is 4.74 Å². The summed E-state index contributed by atoms with van der Waals surface area (Å²) in [6, 6.07) is 25.2. The molecule has 0 aliphatic heterocycles. The topological polar surface area (TPSA) is 81.9 Å². The molecular formula is C23H21N5O2. The van der Waals surface area contributed by atoms with Crippen LogP contribution in [0.5, 0.6) is 5.75 Å². The van der Waals surface area contributed by atoms with Gasteiger partial charge in [0, 0.05) is 6.42 Å². The van der Waals surface area contributed by atoms with Crippen molar-refractivity contribution in [2.45, 2.75) is 12.8 Å². The van der Waals surface area contributed by atoms with Crippen molar-refractivity contribution >= 4 is 11.6 Å². The maximum atomic E-state index is 12.5. The van der Waals surface area contributed by atoms with E-state index in [0.717, 1.165) is 17.7 Å². The number of carbonyl (C=O) groups is 1. The lowest BCUT2D eigenvalue weighted by atomic mass is 10.1. The number of tetrazole rings is 1. The molecule has 0 aliphatic carbocycles. The van der Waals surface area contributed by atoms with Crippen LogP contribution in [0.2, 0.25) is 0 Å². The number of nitrogens with one attached hydrogen (secondary N) is 1. The quantitative estimate of drug-likeness (QED) is 0.491. The van der Waals surface area contributed by atoms with Crippen molar-refractivity contribution in [2.24, 2.45) is 0 Å². The molecule has 1 heterocycles. The van der Waals surface area contributed by atoms with Gasteiger partial charge in [0.2, 0.25) is 5.91 Å². The molecule has 7 heteroatoms. The van der Waals surface area contributed by atoms with Crippen LogP contribution in [-0.4, -0.2) is 32.7 Å². The Balaban J connectivity index is 1.34. The molecule has 7 nitrogen and oxygen atoms in total. The van der Waals surface area contributed by atoms with Crippen molar-refractivity contribution in [1.29, 1.82) is 0 Å². The standard InChI is InChI=1S/C23H21N5O2/c29-23(16-19-10-12-20(13-11-19)28-17-24-26-27-28)25-21-8-4-5-9-22(21)30-15-14-18-6-2-1-3-7-18/h1-13,17H,14-16H2,(H,25,29). The lowest BCUT2D eigenvalue weighted by Gasteiger charge is -2.13. The third-order valence-corrected chi connectivity index (χ3v) is 4.57. The highest BCUT2D eigenvalue weighted by Crippen LogP contribution is 2.24. The van der Waals surface area contributed by atoms with Gasteiger partial charge in [-0.25, -0.2) is 4.68 Å². The number of hydrogen-bond donors (Lipinski definition) is 1. The van der Waals surface area contributed by atoms with Crippen LogP contribution in [0.4, 0.5) is 5.69 Å². The van der Waals surface area contributed by atoms with Crippen molar-refractivity contribution in [3.63, 3.8) is 0 Å². The second-order valence-corrected chi connectivity index (χ2v) is 6.73. The largest absolute Gasteiger partial charge is 0.491 e. The SMILES string of the molecule is O=C(Cc1ccc(-n2cnnn2)cc1)Nc1ccccc1OCCc1ccccc1. The van der Waals surface area contributed by atoms with Crippen LogP contribution < -0.4 is 10.1 Å². The number of para-hydroxylation sites is 2. The maximum absolute atomic E-state index is 12.5. The van der Waals surface area contributed by atoms with Crippen LogP contribution >= 0.6 is 0 Å². The second kappa shape index (κ2) is 9.47. The number of benzene rings is 3. The summed E-state index contributed by atoms with van der Waals surface area (Å²) in [5, 5.41) is 14.0. The molecule has 0 spiro atoms. The zero-order valence-corrected chi connectivity index (χ0v) is 16.3. The molecule has 0 saturated heterocycles. The highest BCUT2D eigenvalue weighted by atomic mass is 16.5. The van der Waals surface area contributed by atoms with Gasteiger partial charge < -0.3 is 10.1 Å². The van der Waals surface area contributed by atoms with Crippen LogP contribution in [0.3, 0.4) is 0 Å². The van der Waals surface area contributed by atoms with Gasteiger partial charge >= 0.3 is 0 Å². The van der Waals surface area contributed by atoms with E-state index in [1.807, 2.05) is 66.7 Å². The minimum absolute atomic E-state index is 0.107. The highest BCUT2D eigenvalue weighted by Gasteiger charge is 2.09. The first kappa shape index (κ1) is 19.3. The predicted octanol–water partition coefficient (Wildman–Crippen LogP) is 3.47. The van der Waals surface area contributed by atoms with E-state index >= 15 is 0 Å². The number of aromatic nitrogens is 4. The van der Waals surface area contributed by atoms with Gasteiger partial charge in [0.15, 0.2) is 0 Å². The smallest absolute Gasteiger partial charge is 0.228 e. The summed E-state index contributed by atoms with van der Waals surface area (Å²) in [5.74, 6) is 0.556. The van der Waals surface area contributed by atoms with Gasteiger partial charge in [-0.15, -0.1) is 5.10 Å². The molecule has 1 amide bonds. The molecular weight excluding hydrogens is 378 g/mol. The minimum Gasteiger partial charge on any atom is -0.491 e. The lowest BCUT2D eigenvalue weighted by Crippen LogP contribution is -2.15. The fourth-order valence-corrected chi connectivity index (χ4v) is 3.05. The molecule has 0 radical (unpaired) electrons. The summed E-state index contributed by atoms with van der Waals surface area (Å²) < 4.78 is 7.48. The summed E-state index contributed by atoms with van der Waals surface area (Å²) in [6.07, 6.45) is 2.58. The van der Waals surface area contributed by atoms with Gasteiger partial charge in [-0.2, -0.15) is 0 Å². The van der Waals surface area contributed by atoms with E-state index in [-0.39, 0.29) is 12.3 Å². The summed E-state index contributed by atoms with van der Waals surface area (Å²) in [5.41, 5.74) is 3.61. The zero-order chi connectivity index (χ0) is 20.6. The number of anilines is 1. The van der Waals surface area contributed by atoms with Crippen LogP contribution in [0.15, 0.2) is 85.2 Å². The third-order valence-electron chi connectivity index (χ3n) is 4.57. The monoisotopic (exact) mass is 399 g/mol. The molecule has 0 atom stereocenters. The Morgan fingerprint density at radius 3 is 2.43 bits per heavy atom. The van der Waals surface area contributed by atoms with E-state index in [9.17, 15) is 4.79 Å². The Hall–Kier alpha value is -4.00. The van der Waals surface area contributed by atoms with Crippen LogP contribution in [-0.2, 0) is 17.6 Å². The number of nitrogens with zero attached hydrogens (tertiary/aromatic N) is 4. The summed E-state index contributed by atoms with van der Waals surface area (Å²) >= 11 is 0. The van der Waals surface area contributed by atoms with Gasteiger partial charge in [-0.1, -0.05) is 54.6 Å². The molecule has 30 heavy (non-hydrogen) atoms. The molecule has 1 N–H and O–H groups in total. The molecule has 0 bridgehead atoms. The number of ether oxygens (including phenoxy) is 1. The van der Waals surface area contributed by atoms with Crippen molar-refractivity contribution in [1.82, 2.24) is 20.2 Å². The molecule has 4 aromatic rings. The summed E-state index contributed by atoms with van der Waals surface area (Å²) in [6.45, 7) is 0.537. The number of rotatable bonds is 8. The minimum atomic E-state index is -0.107. The number of carbonyl (C=O) groups excluding carboxylic acids is 1. The molecule has 3 aromatic carbocycles. The Morgan fingerprint density at radius 1 is 0.900 bits per heavy atom. The van der Waals surface area contributed by atoms with E-state index in [1.165, 1.54) is 11.9 Å². The van der Waals surface area contributed by atoms with Crippen LogP contribution in [0, 0.1) is 0 Å². The Bertz CT molecular complexity index is 1080. The molecule has 0 saturated carbocycles. The average molecular weight is 399 g/mol. The van der Waals surface area contributed by atoms with Gasteiger partial charge in [-0.05, 0) is 45.8 Å². The van der Waals surface area contributed by atoms with Crippen molar-refractivity contribution in [3.05, 3.63) is 96.3 Å². The molecule has 4 rings (SSSR count). The third kappa shape index (κ3) is 5.08. The van der Waals surface area contributed by atoms with Gasteiger partial charge in [0.25, 0.3) is 0 Å². The number of hydrogen-bond acceptors (Lipinski definition) is 5. The first-order chi connectivity index (χ1) is 14.8. The summed E-state index contributed by atoms with van der Waals surface area (Å²) in [7, 11) is 0. The van der Waals surface area contributed by atoms with Crippen LogP contribution in [0.1, 0.15) is 11.1 Å². The fourth-order valence-electron chi connectivity index (χ4n) is 3.05. The van der Waals surface area contributed by atoms with E-state index in [2.05, 4.69) is 33.0 Å². The van der Waals surface area contributed by atoms with Crippen LogP contribution in [0.25, 0.3) is 5.69 Å². The van der Waals surface area contributed by atoms with Crippen molar-refractivity contribution < 1.29 is 9.53 Å². The lowest BCUT2D eigenvalue weighted by molar-refractivity contribution is -0.115. The van der Waals surface area contributed by atoms with Gasteiger partial charge in [0.1, 0.15) is 12.1 Å². The van der Waals surface area contributed by atoms with Crippen molar-refractivity contribution in [3.8, 4) is 11.4 Å². The molecule has 0 fully saturated rings. The normalized spacial score (nSPS) is 10.5. The molecule has 0 aliphatic rings. The summed E-state index contributed by atoms with van der Waals surface area (Å²) in [4.78, 5) is 12.5. The Kier molecular flexibility index (Phi) is 6.10.